The van der Waals surface area contributed by atoms with Gasteiger partial charge in [0, 0.05) is 30.8 Å². The summed E-state index contributed by atoms with van der Waals surface area (Å²) in [6.45, 7) is 4.73. The molecular formula is C21H25N5O3. The Kier molecular flexibility index (Phi) is 4.97. The molecule has 1 atom stereocenters. The van der Waals surface area contributed by atoms with Crippen molar-refractivity contribution in [3.05, 3.63) is 53.7 Å². The van der Waals surface area contributed by atoms with E-state index in [-0.39, 0.29) is 12.0 Å². The van der Waals surface area contributed by atoms with Gasteiger partial charge in [0.05, 0.1) is 17.9 Å². The lowest BCUT2D eigenvalue weighted by Gasteiger charge is -2.32. The normalized spacial score (nSPS) is 17.5. The number of hydrogen-bond donors (Lipinski definition) is 3. The van der Waals surface area contributed by atoms with Crippen LogP contribution in [0.2, 0.25) is 0 Å². The number of aromatic nitrogens is 3. The summed E-state index contributed by atoms with van der Waals surface area (Å²) in [4.78, 5) is 19.2. The first-order valence-corrected chi connectivity index (χ1v) is 9.73. The molecule has 3 aromatic rings. The molecule has 0 unspecified atom stereocenters. The van der Waals surface area contributed by atoms with Crippen LogP contribution in [0, 0.1) is 0 Å². The number of nitrogens with zero attached hydrogens (tertiary/aromatic N) is 4. The Labute approximate surface area is 168 Å². The van der Waals surface area contributed by atoms with E-state index in [0.29, 0.717) is 23.6 Å². The van der Waals surface area contributed by atoms with E-state index < -0.39 is 5.60 Å². The summed E-state index contributed by atoms with van der Waals surface area (Å²) in [5, 5.41) is 27.3. The minimum absolute atomic E-state index is 0.284. The van der Waals surface area contributed by atoms with Crippen molar-refractivity contribution in [1.29, 1.82) is 0 Å². The zero-order valence-corrected chi connectivity index (χ0v) is 16.5. The van der Waals surface area contributed by atoms with Crippen LogP contribution < -0.4 is 10.2 Å². The molecule has 3 heterocycles. The maximum atomic E-state index is 12.7. The summed E-state index contributed by atoms with van der Waals surface area (Å²) in [6.07, 6.45) is 2.96. The fraction of sp³-hybridized carbons (Fsp3) is 0.381. The van der Waals surface area contributed by atoms with E-state index in [1.807, 2.05) is 0 Å². The Bertz CT molecular complexity index is 1020. The fourth-order valence-corrected chi connectivity index (χ4v) is 3.57. The molecule has 0 saturated carbocycles. The summed E-state index contributed by atoms with van der Waals surface area (Å²) < 4.78 is 1.71. The molecule has 1 amide bonds. The van der Waals surface area contributed by atoms with Crippen LogP contribution >= 0.6 is 0 Å². The highest BCUT2D eigenvalue weighted by Gasteiger charge is 2.22. The Morgan fingerprint density at radius 2 is 2.00 bits per heavy atom. The number of carbonyl (C=O) groups excluding carboxylic acids is 1. The van der Waals surface area contributed by atoms with Gasteiger partial charge in [0.15, 0.2) is 5.65 Å². The van der Waals surface area contributed by atoms with Crippen LogP contribution in [0.15, 0.2) is 42.6 Å². The molecule has 29 heavy (non-hydrogen) atoms. The molecule has 152 valence electrons. The molecule has 8 nitrogen and oxygen atoms in total. The lowest BCUT2D eigenvalue weighted by atomic mass is 9.97. The molecule has 8 heteroatoms. The van der Waals surface area contributed by atoms with Crippen LogP contribution in [0.5, 0.6) is 0 Å². The van der Waals surface area contributed by atoms with Crippen molar-refractivity contribution < 1.29 is 15.0 Å². The van der Waals surface area contributed by atoms with Gasteiger partial charge in [0.1, 0.15) is 11.6 Å². The van der Waals surface area contributed by atoms with E-state index in [1.54, 1.807) is 61.0 Å². The Balaban J connectivity index is 1.60. The van der Waals surface area contributed by atoms with Crippen molar-refractivity contribution in [1.82, 2.24) is 14.6 Å². The number of β-amino-alcohol motifs (C(OH)–C–C–N with tert-alkyl or cyclic N) is 1. The second-order valence-corrected chi connectivity index (χ2v) is 7.93. The Morgan fingerprint density at radius 1 is 1.24 bits per heavy atom. The van der Waals surface area contributed by atoms with E-state index in [2.05, 4.69) is 20.3 Å². The number of fused-ring (bicyclic) bond motifs is 1. The maximum absolute atomic E-state index is 12.7. The molecule has 1 aliphatic heterocycles. The van der Waals surface area contributed by atoms with Gasteiger partial charge in [0.25, 0.3) is 5.91 Å². The summed E-state index contributed by atoms with van der Waals surface area (Å²) in [6, 6.07) is 10.4. The van der Waals surface area contributed by atoms with Crippen molar-refractivity contribution in [3.8, 4) is 0 Å². The zero-order valence-electron chi connectivity index (χ0n) is 16.5. The molecule has 1 aromatic carbocycles. The zero-order chi connectivity index (χ0) is 20.6. The van der Waals surface area contributed by atoms with Gasteiger partial charge in [0.2, 0.25) is 0 Å². The van der Waals surface area contributed by atoms with Gasteiger partial charge in [-0.25, -0.2) is 4.98 Å². The van der Waals surface area contributed by atoms with E-state index in [1.165, 1.54) is 0 Å². The number of nitrogens with one attached hydrogen (secondary N) is 1. The van der Waals surface area contributed by atoms with Gasteiger partial charge in [-0.3, -0.25) is 4.79 Å². The van der Waals surface area contributed by atoms with Crippen LogP contribution in [0.3, 0.4) is 0 Å². The molecule has 0 spiro atoms. The second kappa shape index (κ2) is 7.46. The average Bonchev–Trinajstić information content (AvgIpc) is 3.15. The number of carbonyl (C=O) groups is 1. The molecule has 1 aliphatic rings. The number of rotatable bonds is 4. The van der Waals surface area contributed by atoms with Crippen molar-refractivity contribution in [2.75, 3.05) is 23.3 Å². The smallest absolute Gasteiger partial charge is 0.256 e. The summed E-state index contributed by atoms with van der Waals surface area (Å²) >= 11 is 0. The number of aliphatic hydroxyl groups excluding tert-OH is 1. The highest BCUT2D eigenvalue weighted by molar-refractivity contribution is 6.04. The lowest BCUT2D eigenvalue weighted by molar-refractivity contribution is 0.0785. The van der Waals surface area contributed by atoms with Gasteiger partial charge in [-0.1, -0.05) is 12.1 Å². The summed E-state index contributed by atoms with van der Waals surface area (Å²) in [7, 11) is 0. The predicted molar refractivity (Wildman–Crippen MR) is 110 cm³/mol. The van der Waals surface area contributed by atoms with Crippen molar-refractivity contribution in [2.45, 2.75) is 38.4 Å². The topological polar surface area (TPSA) is 103 Å². The number of hydrogen-bond acceptors (Lipinski definition) is 6. The standard InChI is InChI=1S/C21H25N5O3/c1-21(2,29)15-7-5-14(6-8-15)20(28)24-17-12-19(25-11-3-4-16(27)13-25)26-18(23-17)9-10-22-26/h5-10,12,16,27,29H,3-4,11,13H2,1-2H3,(H,23,24,28)/t16-/m0/s1. The van der Waals surface area contributed by atoms with Crippen LogP contribution in [-0.4, -0.2) is 49.9 Å². The lowest BCUT2D eigenvalue weighted by Crippen LogP contribution is -2.39. The average molecular weight is 395 g/mol. The number of anilines is 2. The first-order valence-electron chi connectivity index (χ1n) is 9.73. The van der Waals surface area contributed by atoms with Crippen molar-refractivity contribution in [3.63, 3.8) is 0 Å². The van der Waals surface area contributed by atoms with Crippen molar-refractivity contribution in [2.24, 2.45) is 0 Å². The van der Waals surface area contributed by atoms with Gasteiger partial charge in [-0.05, 0) is 44.4 Å². The minimum Gasteiger partial charge on any atom is -0.391 e. The summed E-state index contributed by atoms with van der Waals surface area (Å²) in [5.41, 5.74) is 0.870. The molecule has 0 aliphatic carbocycles. The number of amides is 1. The Morgan fingerprint density at radius 3 is 2.69 bits per heavy atom. The molecule has 2 aromatic heterocycles. The molecule has 0 bridgehead atoms. The van der Waals surface area contributed by atoms with Crippen LogP contribution in [0.4, 0.5) is 11.6 Å². The molecule has 1 saturated heterocycles. The number of piperidine rings is 1. The first-order chi connectivity index (χ1) is 13.8. The van der Waals surface area contributed by atoms with Gasteiger partial charge < -0.3 is 20.4 Å². The maximum Gasteiger partial charge on any atom is 0.256 e. The molecule has 0 radical (unpaired) electrons. The highest BCUT2D eigenvalue weighted by atomic mass is 16.3. The van der Waals surface area contributed by atoms with E-state index >= 15 is 0 Å². The number of aliphatic hydroxyl groups is 2. The molecule has 3 N–H and O–H groups in total. The molecule has 1 fully saturated rings. The van der Waals surface area contributed by atoms with E-state index in [4.69, 9.17) is 0 Å². The van der Waals surface area contributed by atoms with Crippen LogP contribution in [0.1, 0.15) is 42.6 Å². The first kappa shape index (κ1) is 19.4. The fourth-order valence-electron chi connectivity index (χ4n) is 3.57. The quantitative estimate of drug-likeness (QED) is 0.626. The minimum atomic E-state index is -0.961. The molecule has 4 rings (SSSR count). The van der Waals surface area contributed by atoms with Gasteiger partial charge >= 0.3 is 0 Å². The van der Waals surface area contributed by atoms with Gasteiger partial charge in [-0.2, -0.15) is 9.61 Å². The third-order valence-electron chi connectivity index (χ3n) is 5.16. The predicted octanol–water partition coefficient (Wildman–Crippen LogP) is 2.17. The molecular weight excluding hydrogens is 370 g/mol. The van der Waals surface area contributed by atoms with E-state index in [0.717, 1.165) is 30.8 Å². The monoisotopic (exact) mass is 395 g/mol. The summed E-state index contributed by atoms with van der Waals surface area (Å²) in [5.74, 6) is 0.921. The van der Waals surface area contributed by atoms with Crippen molar-refractivity contribution >= 4 is 23.2 Å². The van der Waals surface area contributed by atoms with E-state index in [9.17, 15) is 15.0 Å². The van der Waals surface area contributed by atoms with Crippen LogP contribution in [0.25, 0.3) is 5.65 Å². The largest absolute Gasteiger partial charge is 0.391 e. The number of benzene rings is 1. The van der Waals surface area contributed by atoms with Gasteiger partial charge in [-0.15, -0.1) is 0 Å². The highest BCUT2D eigenvalue weighted by Crippen LogP contribution is 2.24. The second-order valence-electron chi connectivity index (χ2n) is 7.93. The third kappa shape index (κ3) is 4.08. The SMILES string of the molecule is CC(C)(O)c1ccc(C(=O)Nc2cc(N3CCC[C@H](O)C3)n3nccc3n2)cc1. The Hall–Kier alpha value is -2.97. The van der Waals surface area contributed by atoms with Crippen LogP contribution in [-0.2, 0) is 5.60 Å². The third-order valence-corrected chi connectivity index (χ3v) is 5.16.